The molecule has 0 bridgehead atoms. The van der Waals surface area contributed by atoms with E-state index in [1.165, 1.54) is 89.9 Å². The Morgan fingerprint density at radius 2 is 0.618 bits per heavy atom. The lowest BCUT2D eigenvalue weighted by molar-refractivity contribution is 0.182. The Morgan fingerprint density at radius 3 is 0.941 bits per heavy atom. The van der Waals surface area contributed by atoms with Crippen molar-refractivity contribution in [1.29, 1.82) is 0 Å². The third-order valence-corrected chi connectivity index (χ3v) is 6.67. The lowest BCUT2D eigenvalue weighted by Gasteiger charge is -2.25. The molecule has 0 aliphatic carbocycles. The number of halogens is 1. The van der Waals surface area contributed by atoms with E-state index >= 15 is 0 Å². The van der Waals surface area contributed by atoms with Crippen LogP contribution in [-0.2, 0) is 0 Å². The number of hydrogen-bond donors (Lipinski definition) is 3. The predicted molar refractivity (Wildman–Crippen MR) is 150 cm³/mol. The summed E-state index contributed by atoms with van der Waals surface area (Å²) in [4.78, 5) is 4.89. The molecular weight excluding hydrogens is 448 g/mol. The summed E-state index contributed by atoms with van der Waals surface area (Å²) in [6.45, 7) is 9.07. The third kappa shape index (κ3) is 26.7. The number of hydrogen-bond acceptors (Lipinski definition) is 5. The van der Waals surface area contributed by atoms with Crippen molar-refractivity contribution in [3.63, 3.8) is 0 Å². The van der Waals surface area contributed by atoms with Crippen molar-refractivity contribution < 1.29 is 15.3 Å². The normalized spacial score (nSPS) is 11.5. The molecule has 208 valence electrons. The Bertz CT molecular complexity index is 357. The van der Waals surface area contributed by atoms with Crippen molar-refractivity contribution in [2.75, 3.05) is 59.1 Å². The summed E-state index contributed by atoms with van der Waals surface area (Å²) in [5, 5.41) is 27.4. The van der Waals surface area contributed by atoms with E-state index in [1.54, 1.807) is 0 Å². The van der Waals surface area contributed by atoms with Gasteiger partial charge in [-0.3, -0.25) is 0 Å². The largest absolute Gasteiger partial charge is 0.396 e. The van der Waals surface area contributed by atoms with E-state index in [1.807, 2.05) is 0 Å². The number of aliphatic hydroxyl groups excluding tert-OH is 3. The zero-order chi connectivity index (χ0) is 24.2. The van der Waals surface area contributed by atoms with E-state index in [9.17, 15) is 5.11 Å². The molecule has 0 fully saturated rings. The van der Waals surface area contributed by atoms with Gasteiger partial charge in [-0.1, -0.05) is 90.4 Å². The van der Waals surface area contributed by atoms with Gasteiger partial charge in [-0.25, -0.2) is 0 Å². The Labute approximate surface area is 219 Å². The number of unbranched alkanes of at least 4 members (excludes halogenated alkanes) is 13. The fourth-order valence-corrected chi connectivity index (χ4v) is 4.60. The Kier molecular flexibility index (Phi) is 33.2. The van der Waals surface area contributed by atoms with Gasteiger partial charge >= 0.3 is 0 Å². The van der Waals surface area contributed by atoms with Crippen molar-refractivity contribution in [3.8, 4) is 0 Å². The molecule has 0 spiro atoms. The monoisotopic (exact) mass is 508 g/mol. The predicted octanol–water partition coefficient (Wildman–Crippen LogP) is 6.03. The molecule has 0 aromatic heterocycles. The average Bonchev–Trinajstić information content (AvgIpc) is 2.83. The third-order valence-electron chi connectivity index (χ3n) is 6.67. The topological polar surface area (TPSA) is 67.2 Å². The van der Waals surface area contributed by atoms with Crippen LogP contribution in [0.2, 0.25) is 0 Å². The lowest BCUT2D eigenvalue weighted by Crippen LogP contribution is -2.33. The zero-order valence-electron chi connectivity index (χ0n) is 22.7. The molecule has 0 aromatic carbocycles. The molecule has 0 rings (SSSR count). The molecule has 0 amide bonds. The first-order valence-electron chi connectivity index (χ1n) is 14.6. The standard InChI is InChI=1S/C28H60N2O3.ClH/c1-2-3-4-5-6-7-8-9-10-11-12-13-14-15-20-29(23-17-26-31)21-16-22-30(24-18-27-32)25-19-28-33;/h31-33H,2-28H2,1H3;1H. The minimum atomic E-state index is 0. The maximum atomic E-state index is 9.24. The van der Waals surface area contributed by atoms with Gasteiger partial charge in [0.2, 0.25) is 0 Å². The summed E-state index contributed by atoms with van der Waals surface area (Å²) in [6.07, 6.45) is 23.1. The van der Waals surface area contributed by atoms with E-state index in [0.29, 0.717) is 0 Å². The summed E-state index contributed by atoms with van der Waals surface area (Å²) >= 11 is 0. The fourth-order valence-electron chi connectivity index (χ4n) is 4.60. The van der Waals surface area contributed by atoms with Crippen LogP contribution in [0.1, 0.15) is 122 Å². The first-order valence-corrected chi connectivity index (χ1v) is 14.6. The highest BCUT2D eigenvalue weighted by Gasteiger charge is 2.08. The highest BCUT2D eigenvalue weighted by atomic mass is 35.5. The van der Waals surface area contributed by atoms with Gasteiger partial charge in [0.15, 0.2) is 0 Å². The minimum absolute atomic E-state index is 0. The van der Waals surface area contributed by atoms with Gasteiger partial charge in [-0.2, -0.15) is 0 Å². The smallest absolute Gasteiger partial charge is 0.0443 e. The number of rotatable bonds is 28. The maximum Gasteiger partial charge on any atom is 0.0443 e. The van der Waals surface area contributed by atoms with Gasteiger partial charge < -0.3 is 25.1 Å². The van der Waals surface area contributed by atoms with E-state index in [0.717, 1.165) is 65.0 Å². The van der Waals surface area contributed by atoms with Crippen molar-refractivity contribution >= 4 is 12.4 Å². The van der Waals surface area contributed by atoms with Crippen LogP contribution in [0.5, 0.6) is 0 Å². The molecule has 0 radical (unpaired) electrons. The molecule has 0 aliphatic heterocycles. The van der Waals surface area contributed by atoms with Crippen molar-refractivity contribution in [2.45, 2.75) is 122 Å². The first-order chi connectivity index (χ1) is 16.3. The molecular formula is C28H61ClN2O3. The van der Waals surface area contributed by atoms with Crippen LogP contribution >= 0.6 is 12.4 Å². The Hall–Kier alpha value is 0.0900. The lowest BCUT2D eigenvalue weighted by atomic mass is 10.0. The molecule has 0 atom stereocenters. The van der Waals surface area contributed by atoms with Crippen LogP contribution < -0.4 is 0 Å². The molecule has 34 heavy (non-hydrogen) atoms. The fraction of sp³-hybridized carbons (Fsp3) is 1.00. The highest BCUT2D eigenvalue weighted by Crippen LogP contribution is 2.13. The second kappa shape index (κ2) is 31.1. The van der Waals surface area contributed by atoms with E-state index in [-0.39, 0.29) is 32.2 Å². The van der Waals surface area contributed by atoms with Gasteiger partial charge in [0.05, 0.1) is 0 Å². The molecule has 0 aliphatic rings. The molecule has 0 aromatic rings. The first kappa shape index (κ1) is 36.2. The van der Waals surface area contributed by atoms with E-state index in [2.05, 4.69) is 16.7 Å². The van der Waals surface area contributed by atoms with Crippen molar-refractivity contribution in [2.24, 2.45) is 0 Å². The van der Waals surface area contributed by atoms with Crippen LogP contribution in [0.25, 0.3) is 0 Å². The molecule has 6 heteroatoms. The summed E-state index contributed by atoms with van der Waals surface area (Å²) < 4.78 is 0. The summed E-state index contributed by atoms with van der Waals surface area (Å²) in [6, 6.07) is 0. The van der Waals surface area contributed by atoms with E-state index in [4.69, 9.17) is 10.2 Å². The second-order valence-corrected chi connectivity index (χ2v) is 9.86. The van der Waals surface area contributed by atoms with Crippen LogP contribution in [0.3, 0.4) is 0 Å². The zero-order valence-corrected chi connectivity index (χ0v) is 23.6. The molecule has 3 N–H and O–H groups in total. The summed E-state index contributed by atoms with van der Waals surface area (Å²) in [5.74, 6) is 0. The van der Waals surface area contributed by atoms with Gasteiger partial charge in [0, 0.05) is 39.5 Å². The second-order valence-electron chi connectivity index (χ2n) is 9.86. The van der Waals surface area contributed by atoms with Gasteiger partial charge in [0.25, 0.3) is 0 Å². The van der Waals surface area contributed by atoms with Crippen molar-refractivity contribution in [1.82, 2.24) is 9.80 Å². The maximum absolute atomic E-state index is 9.24. The Morgan fingerprint density at radius 1 is 0.353 bits per heavy atom. The van der Waals surface area contributed by atoms with Crippen LogP contribution in [0.4, 0.5) is 0 Å². The average molecular weight is 509 g/mol. The molecule has 5 nitrogen and oxygen atoms in total. The van der Waals surface area contributed by atoms with Gasteiger partial charge in [0.1, 0.15) is 0 Å². The van der Waals surface area contributed by atoms with Crippen LogP contribution in [0, 0.1) is 0 Å². The summed E-state index contributed by atoms with van der Waals surface area (Å²) in [7, 11) is 0. The van der Waals surface area contributed by atoms with Gasteiger partial charge in [-0.05, 0) is 51.7 Å². The molecule has 0 heterocycles. The van der Waals surface area contributed by atoms with Crippen molar-refractivity contribution in [3.05, 3.63) is 0 Å². The molecule has 0 unspecified atom stereocenters. The number of nitrogens with zero attached hydrogens (tertiary/aromatic N) is 2. The van der Waals surface area contributed by atoms with Crippen LogP contribution in [0.15, 0.2) is 0 Å². The molecule has 0 saturated heterocycles. The van der Waals surface area contributed by atoms with Gasteiger partial charge in [-0.15, -0.1) is 12.4 Å². The Balaban J connectivity index is 0. The van der Waals surface area contributed by atoms with E-state index < -0.39 is 0 Å². The quantitative estimate of drug-likeness (QED) is 0.113. The summed E-state index contributed by atoms with van der Waals surface area (Å²) in [5.41, 5.74) is 0. The molecule has 0 saturated carbocycles. The number of aliphatic hydroxyl groups is 3. The highest BCUT2D eigenvalue weighted by molar-refractivity contribution is 5.85. The van der Waals surface area contributed by atoms with Crippen LogP contribution in [-0.4, -0.2) is 84.2 Å². The SMILES string of the molecule is CCCCCCCCCCCCCCCCN(CCCO)CCCN(CCCO)CCCO.Cl. The minimum Gasteiger partial charge on any atom is -0.396 e.